The molecule has 1 fully saturated rings. The van der Waals surface area contributed by atoms with Gasteiger partial charge in [-0.1, -0.05) is 11.3 Å². The molecule has 2 amide bonds. The van der Waals surface area contributed by atoms with E-state index in [2.05, 4.69) is 10.3 Å². The van der Waals surface area contributed by atoms with E-state index in [1.807, 2.05) is 6.92 Å². The van der Waals surface area contributed by atoms with Crippen LogP contribution in [0, 0.1) is 5.92 Å². The number of thiazole rings is 1. The first-order chi connectivity index (χ1) is 8.56. The van der Waals surface area contributed by atoms with Crippen molar-refractivity contribution < 1.29 is 14.3 Å². The lowest BCUT2D eigenvalue weighted by atomic mass is 9.95. The van der Waals surface area contributed by atoms with Gasteiger partial charge in [-0.05, 0) is 19.8 Å². The normalized spacial score (nSPS) is 23.6. The van der Waals surface area contributed by atoms with Crippen LogP contribution in [0.3, 0.4) is 0 Å². The molecule has 7 heteroatoms. The van der Waals surface area contributed by atoms with Crippen LogP contribution in [0.1, 0.15) is 29.4 Å². The maximum absolute atomic E-state index is 12.0. The van der Waals surface area contributed by atoms with Gasteiger partial charge in [0.2, 0.25) is 5.91 Å². The number of hydrogen-bond acceptors (Lipinski definition) is 5. The highest BCUT2D eigenvalue weighted by Crippen LogP contribution is 2.23. The molecule has 1 aromatic rings. The molecule has 1 aliphatic rings. The molecular formula is C11H15N3O3S. The fraction of sp³-hybridized carbons (Fsp3) is 0.545. The molecule has 0 spiro atoms. The number of nitrogens with two attached hydrogens (primary N) is 1. The predicted molar refractivity (Wildman–Crippen MR) is 67.4 cm³/mol. The fourth-order valence-electron chi connectivity index (χ4n) is 1.89. The van der Waals surface area contributed by atoms with Crippen LogP contribution < -0.4 is 11.1 Å². The van der Waals surface area contributed by atoms with Crippen molar-refractivity contribution >= 4 is 28.3 Å². The Hall–Kier alpha value is -1.47. The number of ether oxygens (including phenoxy) is 1. The molecule has 2 heterocycles. The van der Waals surface area contributed by atoms with Crippen molar-refractivity contribution in [3.8, 4) is 0 Å². The third-order valence-corrected chi connectivity index (χ3v) is 3.76. The molecular weight excluding hydrogens is 254 g/mol. The van der Waals surface area contributed by atoms with Gasteiger partial charge in [-0.2, -0.15) is 0 Å². The van der Waals surface area contributed by atoms with E-state index in [0.717, 1.165) is 11.3 Å². The summed E-state index contributed by atoms with van der Waals surface area (Å²) in [6, 6.07) is 0. The average molecular weight is 269 g/mol. The molecule has 0 saturated carbocycles. The van der Waals surface area contributed by atoms with Crippen LogP contribution in [-0.4, -0.2) is 29.5 Å². The number of aromatic nitrogens is 1. The Morgan fingerprint density at radius 2 is 2.39 bits per heavy atom. The number of carbonyl (C=O) groups is 2. The SMILES string of the molecule is CC1CC(C(=O)Nc2ncc(C(N)=O)s2)CCO1. The molecule has 18 heavy (non-hydrogen) atoms. The van der Waals surface area contributed by atoms with Crippen LogP contribution in [-0.2, 0) is 9.53 Å². The maximum atomic E-state index is 12.0. The van der Waals surface area contributed by atoms with Gasteiger partial charge in [-0.3, -0.25) is 9.59 Å². The second kappa shape index (κ2) is 5.45. The first-order valence-corrected chi connectivity index (χ1v) is 6.56. The van der Waals surface area contributed by atoms with E-state index in [4.69, 9.17) is 10.5 Å². The van der Waals surface area contributed by atoms with E-state index in [-0.39, 0.29) is 17.9 Å². The second-order valence-electron chi connectivity index (χ2n) is 4.29. The number of nitrogens with zero attached hydrogens (tertiary/aromatic N) is 1. The monoisotopic (exact) mass is 269 g/mol. The van der Waals surface area contributed by atoms with Crippen molar-refractivity contribution in [2.45, 2.75) is 25.9 Å². The minimum Gasteiger partial charge on any atom is -0.378 e. The van der Waals surface area contributed by atoms with Crippen LogP contribution >= 0.6 is 11.3 Å². The number of hydrogen-bond donors (Lipinski definition) is 2. The Labute approximate surface area is 109 Å². The van der Waals surface area contributed by atoms with Crippen LogP contribution in [0.4, 0.5) is 5.13 Å². The smallest absolute Gasteiger partial charge is 0.260 e. The number of carbonyl (C=O) groups excluding carboxylic acids is 2. The van der Waals surface area contributed by atoms with Crippen molar-refractivity contribution in [3.05, 3.63) is 11.1 Å². The summed E-state index contributed by atoms with van der Waals surface area (Å²) in [4.78, 5) is 27.2. The van der Waals surface area contributed by atoms with E-state index in [9.17, 15) is 9.59 Å². The average Bonchev–Trinajstić information content (AvgIpc) is 2.77. The molecule has 0 bridgehead atoms. The Kier molecular flexibility index (Phi) is 3.93. The van der Waals surface area contributed by atoms with Gasteiger partial charge in [-0.25, -0.2) is 4.98 Å². The van der Waals surface area contributed by atoms with E-state index >= 15 is 0 Å². The topological polar surface area (TPSA) is 94.3 Å². The molecule has 3 N–H and O–H groups in total. The van der Waals surface area contributed by atoms with Gasteiger partial charge in [0.05, 0.1) is 12.3 Å². The molecule has 0 aromatic carbocycles. The zero-order valence-electron chi connectivity index (χ0n) is 10.0. The zero-order chi connectivity index (χ0) is 13.1. The highest BCUT2D eigenvalue weighted by atomic mass is 32.1. The molecule has 1 aromatic heterocycles. The van der Waals surface area contributed by atoms with Crippen LogP contribution in [0.15, 0.2) is 6.20 Å². The summed E-state index contributed by atoms with van der Waals surface area (Å²) in [6.45, 7) is 2.55. The Morgan fingerprint density at radius 1 is 1.61 bits per heavy atom. The summed E-state index contributed by atoms with van der Waals surface area (Å²) in [6.07, 6.45) is 2.89. The molecule has 2 unspecified atom stereocenters. The van der Waals surface area contributed by atoms with E-state index < -0.39 is 5.91 Å². The quantitative estimate of drug-likeness (QED) is 0.855. The summed E-state index contributed by atoms with van der Waals surface area (Å²) in [5, 5.41) is 3.12. The number of amides is 2. The van der Waals surface area contributed by atoms with Gasteiger partial charge in [-0.15, -0.1) is 0 Å². The van der Waals surface area contributed by atoms with Crippen molar-refractivity contribution in [1.82, 2.24) is 4.98 Å². The van der Waals surface area contributed by atoms with E-state index in [1.54, 1.807) is 0 Å². The van der Waals surface area contributed by atoms with Crippen LogP contribution in [0.2, 0.25) is 0 Å². The molecule has 0 aliphatic carbocycles. The van der Waals surface area contributed by atoms with Crippen LogP contribution in [0.25, 0.3) is 0 Å². The molecule has 1 saturated heterocycles. The fourth-order valence-corrected chi connectivity index (χ4v) is 2.56. The third-order valence-electron chi connectivity index (χ3n) is 2.83. The van der Waals surface area contributed by atoms with Crippen molar-refractivity contribution in [1.29, 1.82) is 0 Å². The summed E-state index contributed by atoms with van der Waals surface area (Å²) in [5.74, 6) is -0.669. The first kappa shape index (κ1) is 13.0. The minimum absolute atomic E-state index is 0.0605. The zero-order valence-corrected chi connectivity index (χ0v) is 10.8. The standard InChI is InChI=1S/C11H15N3O3S/c1-6-4-7(2-3-17-6)10(16)14-11-13-5-8(18-11)9(12)15/h5-7H,2-4H2,1H3,(H2,12,15)(H,13,14,16). The number of nitrogens with one attached hydrogen (secondary N) is 1. The van der Waals surface area contributed by atoms with Gasteiger partial charge in [0.15, 0.2) is 5.13 Å². The summed E-state index contributed by atoms with van der Waals surface area (Å²) >= 11 is 1.09. The third kappa shape index (κ3) is 3.05. The Morgan fingerprint density at radius 3 is 3.00 bits per heavy atom. The van der Waals surface area contributed by atoms with Gasteiger partial charge in [0, 0.05) is 12.5 Å². The predicted octanol–water partition coefficient (Wildman–Crippen LogP) is 0.996. The summed E-state index contributed by atoms with van der Waals surface area (Å²) in [5.41, 5.74) is 5.12. The van der Waals surface area contributed by atoms with Gasteiger partial charge >= 0.3 is 0 Å². The Balaban J connectivity index is 1.95. The summed E-state index contributed by atoms with van der Waals surface area (Å²) < 4.78 is 5.39. The second-order valence-corrected chi connectivity index (χ2v) is 5.32. The van der Waals surface area contributed by atoms with Gasteiger partial charge in [0.25, 0.3) is 5.91 Å². The molecule has 1 aliphatic heterocycles. The van der Waals surface area contributed by atoms with Crippen molar-refractivity contribution in [3.63, 3.8) is 0 Å². The minimum atomic E-state index is -0.535. The largest absolute Gasteiger partial charge is 0.378 e. The molecule has 2 rings (SSSR count). The molecule has 98 valence electrons. The first-order valence-electron chi connectivity index (χ1n) is 5.74. The van der Waals surface area contributed by atoms with E-state index in [1.165, 1.54) is 6.20 Å². The highest BCUT2D eigenvalue weighted by molar-refractivity contribution is 7.17. The number of primary amides is 1. The molecule has 0 radical (unpaired) electrons. The van der Waals surface area contributed by atoms with Gasteiger partial charge < -0.3 is 15.8 Å². The lowest BCUT2D eigenvalue weighted by Crippen LogP contribution is -2.32. The van der Waals surface area contributed by atoms with Crippen molar-refractivity contribution in [2.24, 2.45) is 11.7 Å². The Bertz CT molecular complexity index is 460. The lowest BCUT2D eigenvalue weighted by molar-refractivity contribution is -0.124. The molecule has 6 nitrogen and oxygen atoms in total. The number of rotatable bonds is 3. The highest BCUT2D eigenvalue weighted by Gasteiger charge is 2.26. The summed E-state index contributed by atoms with van der Waals surface area (Å²) in [7, 11) is 0. The van der Waals surface area contributed by atoms with Gasteiger partial charge in [0.1, 0.15) is 4.88 Å². The molecule has 2 atom stereocenters. The maximum Gasteiger partial charge on any atom is 0.260 e. The van der Waals surface area contributed by atoms with E-state index in [0.29, 0.717) is 29.5 Å². The van der Waals surface area contributed by atoms with Crippen molar-refractivity contribution in [2.75, 3.05) is 11.9 Å². The lowest BCUT2D eigenvalue weighted by Gasteiger charge is -2.25. The number of anilines is 1. The van der Waals surface area contributed by atoms with Crippen LogP contribution in [0.5, 0.6) is 0 Å².